The zero-order chi connectivity index (χ0) is 11.5. The molecule has 0 amide bonds. The van der Waals surface area contributed by atoms with Gasteiger partial charge in [-0.1, -0.05) is 23.7 Å². The molecule has 2 aromatic rings. The highest BCUT2D eigenvalue weighted by atomic mass is 35.5. The number of benzene rings is 1. The van der Waals surface area contributed by atoms with Crippen molar-refractivity contribution in [3.8, 4) is 0 Å². The van der Waals surface area contributed by atoms with Gasteiger partial charge in [0.15, 0.2) is 0 Å². The van der Waals surface area contributed by atoms with Crippen LogP contribution in [-0.4, -0.2) is 4.57 Å². The highest BCUT2D eigenvalue weighted by Gasteiger charge is 1.99. The Balaban J connectivity index is 0.00000144. The summed E-state index contributed by atoms with van der Waals surface area (Å²) in [6.07, 6.45) is 1.63. The van der Waals surface area contributed by atoms with Crippen LogP contribution in [0.15, 0.2) is 47.4 Å². The van der Waals surface area contributed by atoms with Gasteiger partial charge in [0.25, 0.3) is 5.56 Å². The average Bonchev–Trinajstić information content (AvgIpc) is 2.24. The smallest absolute Gasteiger partial charge is 0.250 e. The zero-order valence-electron chi connectivity index (χ0n) is 8.97. The fourth-order valence-corrected chi connectivity index (χ4v) is 1.72. The second-order valence-electron chi connectivity index (χ2n) is 3.56. The predicted octanol–water partition coefficient (Wildman–Crippen LogP) is 2.55. The summed E-state index contributed by atoms with van der Waals surface area (Å²) < 4.78 is 1.56. The summed E-state index contributed by atoms with van der Waals surface area (Å²) in [5, 5.41) is 0.662. The fourth-order valence-electron chi connectivity index (χ4n) is 1.51. The molecule has 0 spiro atoms. The summed E-state index contributed by atoms with van der Waals surface area (Å²) >= 11 is 5.87. The van der Waals surface area contributed by atoms with Crippen molar-refractivity contribution < 1.29 is 0 Å². The lowest BCUT2D eigenvalue weighted by molar-refractivity contribution is 0.761. The van der Waals surface area contributed by atoms with E-state index < -0.39 is 0 Å². The molecule has 0 bridgehead atoms. The minimum atomic E-state index is -0.0748. The first kappa shape index (κ1) is 13.6. The second kappa shape index (κ2) is 5.75. The minimum Gasteiger partial charge on any atom is -0.398 e. The van der Waals surface area contributed by atoms with Crippen molar-refractivity contribution >= 4 is 29.7 Å². The van der Waals surface area contributed by atoms with E-state index in [-0.39, 0.29) is 18.0 Å². The van der Waals surface area contributed by atoms with E-state index in [0.29, 0.717) is 17.3 Å². The molecule has 1 aromatic carbocycles. The van der Waals surface area contributed by atoms with Crippen LogP contribution in [0.4, 0.5) is 5.69 Å². The van der Waals surface area contributed by atoms with E-state index in [0.717, 1.165) is 5.56 Å². The van der Waals surface area contributed by atoms with Crippen molar-refractivity contribution in [3.05, 3.63) is 63.5 Å². The molecule has 1 aromatic heterocycles. The Morgan fingerprint density at radius 2 is 2.00 bits per heavy atom. The van der Waals surface area contributed by atoms with Crippen LogP contribution in [0.25, 0.3) is 0 Å². The van der Waals surface area contributed by atoms with Crippen LogP contribution >= 0.6 is 24.0 Å². The molecule has 0 atom stereocenters. The van der Waals surface area contributed by atoms with Gasteiger partial charge in [-0.25, -0.2) is 0 Å². The Morgan fingerprint density at radius 3 is 2.71 bits per heavy atom. The monoisotopic (exact) mass is 270 g/mol. The molecule has 5 heteroatoms. The standard InChI is InChI=1S/C12H11ClN2O.ClH/c13-10-3-1-2-9(6-10)7-15-8-11(14)4-5-12(15)16;/h1-6,8H,7,14H2;1H. The third-order valence-electron chi connectivity index (χ3n) is 2.25. The third kappa shape index (κ3) is 3.51. The number of hydrogen-bond acceptors (Lipinski definition) is 2. The Labute approximate surface area is 110 Å². The van der Waals surface area contributed by atoms with Gasteiger partial charge in [0.2, 0.25) is 0 Å². The Morgan fingerprint density at radius 1 is 1.24 bits per heavy atom. The number of anilines is 1. The van der Waals surface area contributed by atoms with Gasteiger partial charge >= 0.3 is 0 Å². The van der Waals surface area contributed by atoms with Crippen LogP contribution in [-0.2, 0) is 6.54 Å². The lowest BCUT2D eigenvalue weighted by atomic mass is 10.2. The van der Waals surface area contributed by atoms with Crippen LogP contribution in [0.3, 0.4) is 0 Å². The van der Waals surface area contributed by atoms with Gasteiger partial charge < -0.3 is 10.3 Å². The predicted molar refractivity (Wildman–Crippen MR) is 72.9 cm³/mol. The van der Waals surface area contributed by atoms with E-state index in [9.17, 15) is 4.79 Å². The van der Waals surface area contributed by atoms with E-state index in [1.165, 1.54) is 6.07 Å². The largest absolute Gasteiger partial charge is 0.398 e. The highest BCUT2D eigenvalue weighted by molar-refractivity contribution is 6.30. The first-order valence-corrected chi connectivity index (χ1v) is 5.23. The molecule has 0 radical (unpaired) electrons. The molecule has 1 heterocycles. The molecule has 0 aliphatic rings. The molecular weight excluding hydrogens is 259 g/mol. The molecule has 3 nitrogen and oxygen atoms in total. The summed E-state index contributed by atoms with van der Waals surface area (Å²) in [6, 6.07) is 10.5. The van der Waals surface area contributed by atoms with Gasteiger partial charge in [0.05, 0.1) is 6.54 Å². The molecule has 0 unspecified atom stereocenters. The second-order valence-corrected chi connectivity index (χ2v) is 3.99. The van der Waals surface area contributed by atoms with Crippen LogP contribution in [0.2, 0.25) is 5.02 Å². The lowest BCUT2D eigenvalue weighted by Gasteiger charge is -2.06. The summed E-state index contributed by atoms with van der Waals surface area (Å²) in [6.45, 7) is 0.477. The van der Waals surface area contributed by atoms with Crippen LogP contribution in [0.1, 0.15) is 5.56 Å². The number of hydrogen-bond donors (Lipinski definition) is 1. The molecule has 0 saturated heterocycles. The fraction of sp³-hybridized carbons (Fsp3) is 0.0833. The van der Waals surface area contributed by atoms with Gasteiger partial charge in [0.1, 0.15) is 0 Å². The van der Waals surface area contributed by atoms with E-state index in [4.69, 9.17) is 17.3 Å². The van der Waals surface area contributed by atoms with Crippen molar-refractivity contribution in [2.24, 2.45) is 0 Å². The average molecular weight is 271 g/mol. The maximum absolute atomic E-state index is 11.5. The number of halogens is 2. The Hall–Kier alpha value is -1.45. The van der Waals surface area contributed by atoms with Gasteiger partial charge in [-0.15, -0.1) is 12.4 Å². The highest BCUT2D eigenvalue weighted by Crippen LogP contribution is 2.11. The molecule has 0 fully saturated rings. The van der Waals surface area contributed by atoms with E-state index in [1.807, 2.05) is 18.2 Å². The van der Waals surface area contributed by atoms with Crippen LogP contribution in [0.5, 0.6) is 0 Å². The molecule has 0 aliphatic heterocycles. The summed E-state index contributed by atoms with van der Waals surface area (Å²) in [5.74, 6) is 0. The number of nitrogens with zero attached hydrogens (tertiary/aromatic N) is 1. The zero-order valence-corrected chi connectivity index (χ0v) is 10.5. The number of rotatable bonds is 2. The van der Waals surface area contributed by atoms with Crippen molar-refractivity contribution in [2.75, 3.05) is 5.73 Å². The molecule has 90 valence electrons. The lowest BCUT2D eigenvalue weighted by Crippen LogP contribution is -2.19. The molecule has 2 N–H and O–H groups in total. The summed E-state index contributed by atoms with van der Waals surface area (Å²) in [5.41, 5.74) is 7.09. The van der Waals surface area contributed by atoms with Crippen LogP contribution < -0.4 is 11.3 Å². The topological polar surface area (TPSA) is 48.0 Å². The molecule has 17 heavy (non-hydrogen) atoms. The maximum atomic E-state index is 11.5. The van der Waals surface area contributed by atoms with Crippen molar-refractivity contribution in [3.63, 3.8) is 0 Å². The first-order valence-electron chi connectivity index (χ1n) is 4.85. The SMILES string of the molecule is Cl.Nc1ccc(=O)n(Cc2cccc(Cl)c2)c1. The van der Waals surface area contributed by atoms with Crippen molar-refractivity contribution in [2.45, 2.75) is 6.54 Å². The van der Waals surface area contributed by atoms with Crippen LogP contribution in [0, 0.1) is 0 Å². The number of pyridine rings is 1. The quantitative estimate of drug-likeness (QED) is 0.912. The molecular formula is C12H12Cl2N2O. The normalized spacial score (nSPS) is 9.71. The number of nitrogens with two attached hydrogens (primary N) is 1. The number of nitrogen functional groups attached to an aromatic ring is 1. The van der Waals surface area contributed by atoms with Crippen molar-refractivity contribution in [1.29, 1.82) is 0 Å². The molecule has 0 aliphatic carbocycles. The van der Waals surface area contributed by atoms with E-state index >= 15 is 0 Å². The van der Waals surface area contributed by atoms with Gasteiger partial charge in [-0.05, 0) is 23.8 Å². The maximum Gasteiger partial charge on any atom is 0.250 e. The van der Waals surface area contributed by atoms with E-state index in [2.05, 4.69) is 0 Å². The summed E-state index contributed by atoms with van der Waals surface area (Å²) in [4.78, 5) is 11.5. The Bertz CT molecular complexity index is 566. The molecule has 2 rings (SSSR count). The molecule has 0 saturated carbocycles. The Kier molecular flexibility index (Phi) is 4.61. The van der Waals surface area contributed by atoms with Crippen molar-refractivity contribution in [1.82, 2.24) is 4.57 Å². The van der Waals surface area contributed by atoms with Gasteiger partial charge in [-0.3, -0.25) is 4.79 Å². The van der Waals surface area contributed by atoms with Gasteiger partial charge in [0, 0.05) is 23.0 Å². The van der Waals surface area contributed by atoms with E-state index in [1.54, 1.807) is 22.9 Å². The van der Waals surface area contributed by atoms with Gasteiger partial charge in [-0.2, -0.15) is 0 Å². The summed E-state index contributed by atoms with van der Waals surface area (Å²) in [7, 11) is 0. The minimum absolute atomic E-state index is 0. The number of aromatic nitrogens is 1. The first-order chi connectivity index (χ1) is 7.65. The third-order valence-corrected chi connectivity index (χ3v) is 2.48.